The van der Waals surface area contributed by atoms with E-state index in [4.69, 9.17) is 0 Å². The SMILES string of the molecule is CC(C)c1ccc(N2CCn3nc(CNC(=O)C4CCCC4)cc3C2)nn1. The van der Waals surface area contributed by atoms with Crippen LogP contribution in [0.5, 0.6) is 0 Å². The van der Waals surface area contributed by atoms with Gasteiger partial charge >= 0.3 is 0 Å². The molecular weight excluding hydrogens is 340 g/mol. The van der Waals surface area contributed by atoms with E-state index in [1.165, 1.54) is 12.8 Å². The van der Waals surface area contributed by atoms with Crippen molar-refractivity contribution < 1.29 is 4.79 Å². The Labute approximate surface area is 160 Å². The van der Waals surface area contributed by atoms with Gasteiger partial charge in [0, 0.05) is 12.5 Å². The number of nitrogens with one attached hydrogen (secondary N) is 1. The first kappa shape index (κ1) is 17.9. The molecule has 2 aliphatic rings. The number of nitrogens with zero attached hydrogens (tertiary/aromatic N) is 5. The van der Waals surface area contributed by atoms with Crippen LogP contribution in [0, 0.1) is 5.92 Å². The monoisotopic (exact) mass is 368 g/mol. The van der Waals surface area contributed by atoms with Gasteiger partial charge in [-0.1, -0.05) is 26.7 Å². The van der Waals surface area contributed by atoms with Crippen LogP contribution in [-0.4, -0.2) is 32.4 Å². The van der Waals surface area contributed by atoms with E-state index >= 15 is 0 Å². The second-order valence-electron chi connectivity index (χ2n) is 7.94. The van der Waals surface area contributed by atoms with Gasteiger partial charge in [-0.2, -0.15) is 10.2 Å². The normalized spacial score (nSPS) is 17.4. The van der Waals surface area contributed by atoms with Gasteiger partial charge in [0.2, 0.25) is 5.91 Å². The van der Waals surface area contributed by atoms with Crippen LogP contribution in [0.2, 0.25) is 0 Å². The smallest absolute Gasteiger partial charge is 0.223 e. The Morgan fingerprint density at radius 1 is 1.22 bits per heavy atom. The van der Waals surface area contributed by atoms with E-state index in [1.54, 1.807) is 0 Å². The number of hydrogen-bond acceptors (Lipinski definition) is 5. The van der Waals surface area contributed by atoms with Crippen LogP contribution in [0.4, 0.5) is 5.82 Å². The first-order chi connectivity index (χ1) is 13.1. The Balaban J connectivity index is 1.37. The third kappa shape index (κ3) is 3.96. The zero-order valence-electron chi connectivity index (χ0n) is 16.2. The molecule has 0 bridgehead atoms. The highest BCUT2D eigenvalue weighted by Crippen LogP contribution is 2.25. The number of hydrogen-bond donors (Lipinski definition) is 1. The lowest BCUT2D eigenvalue weighted by Crippen LogP contribution is -2.34. The van der Waals surface area contributed by atoms with E-state index in [0.29, 0.717) is 12.5 Å². The standard InChI is InChI=1S/C20H28N6O/c1-14(2)18-7-8-19(23-22-18)25-9-10-26-17(13-25)11-16(24-26)12-21-20(27)15-5-3-4-6-15/h7-8,11,14-15H,3-6,9-10,12-13H2,1-2H3,(H,21,27). The molecule has 4 rings (SSSR count). The third-order valence-electron chi connectivity index (χ3n) is 5.60. The first-order valence-electron chi connectivity index (χ1n) is 10.0. The van der Waals surface area contributed by atoms with Crippen molar-refractivity contribution in [3.63, 3.8) is 0 Å². The number of amides is 1. The van der Waals surface area contributed by atoms with Crippen molar-refractivity contribution in [3.8, 4) is 0 Å². The maximum Gasteiger partial charge on any atom is 0.223 e. The molecule has 3 heterocycles. The molecule has 0 unspecified atom stereocenters. The predicted molar refractivity (Wildman–Crippen MR) is 103 cm³/mol. The highest BCUT2D eigenvalue weighted by atomic mass is 16.1. The first-order valence-corrected chi connectivity index (χ1v) is 10.0. The van der Waals surface area contributed by atoms with Gasteiger partial charge in [0.05, 0.1) is 36.7 Å². The Morgan fingerprint density at radius 3 is 2.74 bits per heavy atom. The molecule has 27 heavy (non-hydrogen) atoms. The Morgan fingerprint density at radius 2 is 2.04 bits per heavy atom. The summed E-state index contributed by atoms with van der Waals surface area (Å²) in [5.41, 5.74) is 3.10. The van der Waals surface area contributed by atoms with Gasteiger partial charge in [-0.25, -0.2) is 0 Å². The molecule has 2 aromatic heterocycles. The Bertz CT molecular complexity index is 791. The van der Waals surface area contributed by atoms with Crippen LogP contribution in [0.25, 0.3) is 0 Å². The molecule has 7 heteroatoms. The van der Waals surface area contributed by atoms with E-state index in [9.17, 15) is 4.79 Å². The van der Waals surface area contributed by atoms with Crippen molar-refractivity contribution in [3.05, 3.63) is 35.3 Å². The zero-order chi connectivity index (χ0) is 18.8. The highest BCUT2D eigenvalue weighted by molar-refractivity contribution is 5.78. The largest absolute Gasteiger partial charge is 0.350 e. The summed E-state index contributed by atoms with van der Waals surface area (Å²) in [6, 6.07) is 6.21. The topological polar surface area (TPSA) is 75.9 Å². The fraction of sp³-hybridized carbons (Fsp3) is 0.600. The fourth-order valence-electron chi connectivity index (χ4n) is 3.93. The van der Waals surface area contributed by atoms with Crippen LogP contribution in [-0.2, 0) is 24.4 Å². The maximum absolute atomic E-state index is 12.2. The second kappa shape index (κ2) is 7.66. The van der Waals surface area contributed by atoms with Gasteiger partial charge in [-0.3, -0.25) is 9.48 Å². The minimum atomic E-state index is 0.181. The molecule has 0 saturated heterocycles. The number of carbonyl (C=O) groups excluding carboxylic acids is 1. The molecule has 0 aromatic carbocycles. The Hall–Kier alpha value is -2.44. The zero-order valence-corrected chi connectivity index (χ0v) is 16.2. The van der Waals surface area contributed by atoms with E-state index in [1.807, 2.05) is 4.68 Å². The van der Waals surface area contributed by atoms with Crippen molar-refractivity contribution in [2.24, 2.45) is 5.92 Å². The average Bonchev–Trinajstić information content (AvgIpc) is 3.35. The van der Waals surface area contributed by atoms with Crippen LogP contribution in [0.3, 0.4) is 0 Å². The molecule has 144 valence electrons. The minimum absolute atomic E-state index is 0.181. The molecule has 1 N–H and O–H groups in total. The van der Waals surface area contributed by atoms with E-state index in [-0.39, 0.29) is 11.8 Å². The van der Waals surface area contributed by atoms with Crippen LogP contribution < -0.4 is 10.2 Å². The summed E-state index contributed by atoms with van der Waals surface area (Å²) in [6.07, 6.45) is 4.40. The van der Waals surface area contributed by atoms with E-state index in [2.05, 4.69) is 57.6 Å². The van der Waals surface area contributed by atoms with Gasteiger partial charge in [0.25, 0.3) is 0 Å². The lowest BCUT2D eigenvalue weighted by Gasteiger charge is -2.28. The summed E-state index contributed by atoms with van der Waals surface area (Å²) in [4.78, 5) is 14.4. The highest BCUT2D eigenvalue weighted by Gasteiger charge is 2.23. The number of anilines is 1. The number of rotatable bonds is 5. The van der Waals surface area contributed by atoms with E-state index in [0.717, 1.165) is 55.4 Å². The van der Waals surface area contributed by atoms with Crippen LogP contribution in [0.15, 0.2) is 18.2 Å². The molecule has 1 amide bonds. The molecule has 1 aliphatic heterocycles. The lowest BCUT2D eigenvalue weighted by atomic mass is 10.1. The van der Waals surface area contributed by atoms with Gasteiger partial charge in [-0.15, -0.1) is 5.10 Å². The van der Waals surface area contributed by atoms with Gasteiger partial charge < -0.3 is 10.2 Å². The third-order valence-corrected chi connectivity index (χ3v) is 5.60. The van der Waals surface area contributed by atoms with Crippen molar-refractivity contribution in [2.75, 3.05) is 11.4 Å². The Kier molecular flexibility index (Phi) is 5.09. The summed E-state index contributed by atoms with van der Waals surface area (Å²) in [5, 5.41) is 16.4. The molecule has 1 saturated carbocycles. The number of aromatic nitrogens is 4. The molecule has 2 aromatic rings. The summed E-state index contributed by atoms with van der Waals surface area (Å²) in [5.74, 6) is 1.67. The minimum Gasteiger partial charge on any atom is -0.350 e. The van der Waals surface area contributed by atoms with Gasteiger partial charge in [-0.05, 0) is 37.0 Å². The van der Waals surface area contributed by atoms with Crippen LogP contribution in [0.1, 0.15) is 62.5 Å². The molecule has 1 fully saturated rings. The summed E-state index contributed by atoms with van der Waals surface area (Å²) < 4.78 is 2.05. The molecule has 0 atom stereocenters. The molecule has 1 aliphatic carbocycles. The lowest BCUT2D eigenvalue weighted by molar-refractivity contribution is -0.124. The molecule has 0 radical (unpaired) electrons. The van der Waals surface area contributed by atoms with Crippen molar-refractivity contribution in [1.29, 1.82) is 0 Å². The maximum atomic E-state index is 12.2. The predicted octanol–water partition coefficient (Wildman–Crippen LogP) is 2.62. The van der Waals surface area contributed by atoms with Gasteiger partial charge in [0.1, 0.15) is 0 Å². The molecule has 7 nitrogen and oxygen atoms in total. The molecular formula is C20H28N6O. The fourth-order valence-corrected chi connectivity index (χ4v) is 3.93. The summed E-state index contributed by atoms with van der Waals surface area (Å²) >= 11 is 0. The van der Waals surface area contributed by atoms with Crippen LogP contribution >= 0.6 is 0 Å². The second-order valence-corrected chi connectivity index (χ2v) is 7.94. The summed E-state index contributed by atoms with van der Waals surface area (Å²) in [6.45, 7) is 7.20. The summed E-state index contributed by atoms with van der Waals surface area (Å²) in [7, 11) is 0. The van der Waals surface area contributed by atoms with Crippen molar-refractivity contribution in [2.45, 2.75) is 65.1 Å². The number of carbonyl (C=O) groups is 1. The number of fused-ring (bicyclic) bond motifs is 1. The van der Waals surface area contributed by atoms with Crippen molar-refractivity contribution >= 4 is 11.7 Å². The van der Waals surface area contributed by atoms with Gasteiger partial charge in [0.15, 0.2) is 5.82 Å². The quantitative estimate of drug-likeness (QED) is 0.878. The van der Waals surface area contributed by atoms with Crippen molar-refractivity contribution in [1.82, 2.24) is 25.3 Å². The average molecular weight is 368 g/mol. The molecule has 0 spiro atoms. The van der Waals surface area contributed by atoms with E-state index < -0.39 is 0 Å².